The van der Waals surface area contributed by atoms with Gasteiger partial charge < -0.3 is 19.9 Å². The zero-order chi connectivity index (χ0) is 25.0. The maximum atomic E-state index is 14.4. The summed E-state index contributed by atoms with van der Waals surface area (Å²) < 4.78 is 33.3. The fourth-order valence-electron chi connectivity index (χ4n) is 5.93. The molecule has 36 heavy (non-hydrogen) atoms. The van der Waals surface area contributed by atoms with Gasteiger partial charge in [-0.1, -0.05) is 48.5 Å². The highest BCUT2D eigenvalue weighted by molar-refractivity contribution is 6.00. The molecule has 0 spiro atoms. The van der Waals surface area contributed by atoms with Crippen molar-refractivity contribution >= 4 is 28.5 Å². The number of fused-ring (bicyclic) bond motifs is 4. The van der Waals surface area contributed by atoms with Crippen LogP contribution in [0, 0.1) is 11.6 Å². The first kappa shape index (κ1) is 22.3. The Labute approximate surface area is 205 Å². The largest absolute Gasteiger partial charge is 0.464 e. The van der Waals surface area contributed by atoms with Crippen molar-refractivity contribution in [1.29, 1.82) is 0 Å². The number of halogens is 2. The second-order valence-electron chi connectivity index (χ2n) is 9.20. The molecule has 1 amide bonds. The van der Waals surface area contributed by atoms with Crippen LogP contribution in [-0.2, 0) is 21.4 Å². The number of anilines is 1. The number of methoxy groups -OCH3 is 1. The molecule has 8 heteroatoms. The summed E-state index contributed by atoms with van der Waals surface area (Å²) in [6.45, 7) is 0.377. The van der Waals surface area contributed by atoms with Crippen LogP contribution in [0.25, 0.3) is 10.9 Å². The van der Waals surface area contributed by atoms with E-state index < -0.39 is 29.2 Å². The van der Waals surface area contributed by atoms with E-state index >= 15 is 0 Å². The van der Waals surface area contributed by atoms with Crippen molar-refractivity contribution in [3.63, 3.8) is 0 Å². The van der Waals surface area contributed by atoms with E-state index in [0.717, 1.165) is 33.8 Å². The number of esters is 1. The SMILES string of the molecule is COC(=O)c1[nH]c2ccccc2c1C12CCN(C(=O)Cc3cccc(F)c3F)C1Nc1ccccc12. The first-order valence-electron chi connectivity index (χ1n) is 11.7. The Balaban J connectivity index is 1.51. The summed E-state index contributed by atoms with van der Waals surface area (Å²) >= 11 is 0. The predicted octanol–water partition coefficient (Wildman–Crippen LogP) is 4.75. The highest BCUT2D eigenvalue weighted by Gasteiger charge is 2.58. The third kappa shape index (κ3) is 3.07. The van der Waals surface area contributed by atoms with Crippen molar-refractivity contribution in [1.82, 2.24) is 9.88 Å². The normalized spacial score (nSPS) is 20.2. The van der Waals surface area contributed by atoms with Crippen LogP contribution in [0.4, 0.5) is 14.5 Å². The number of aromatic amines is 1. The number of para-hydroxylation sites is 2. The number of nitrogens with zero attached hydrogens (tertiary/aromatic N) is 1. The summed E-state index contributed by atoms with van der Waals surface area (Å²) in [4.78, 5) is 31.4. The van der Waals surface area contributed by atoms with Gasteiger partial charge in [-0.15, -0.1) is 0 Å². The van der Waals surface area contributed by atoms with Crippen molar-refractivity contribution in [2.24, 2.45) is 0 Å². The van der Waals surface area contributed by atoms with Gasteiger partial charge in [-0.2, -0.15) is 0 Å². The van der Waals surface area contributed by atoms with E-state index in [9.17, 15) is 18.4 Å². The molecule has 3 heterocycles. The predicted molar refractivity (Wildman–Crippen MR) is 131 cm³/mol. The number of carbonyl (C=O) groups is 2. The van der Waals surface area contributed by atoms with Gasteiger partial charge in [-0.3, -0.25) is 4.79 Å². The Morgan fingerprint density at radius 1 is 1.06 bits per heavy atom. The summed E-state index contributed by atoms with van der Waals surface area (Å²) in [6.07, 6.45) is -0.266. The summed E-state index contributed by atoms with van der Waals surface area (Å²) in [7, 11) is 1.34. The number of hydrogen-bond acceptors (Lipinski definition) is 4. The molecule has 2 aliphatic rings. The van der Waals surface area contributed by atoms with Crippen molar-refractivity contribution in [2.45, 2.75) is 24.4 Å². The highest BCUT2D eigenvalue weighted by atomic mass is 19.2. The summed E-state index contributed by atoms with van der Waals surface area (Å²) in [5.41, 5.74) is 2.98. The Morgan fingerprint density at radius 2 is 1.83 bits per heavy atom. The molecule has 182 valence electrons. The van der Waals surface area contributed by atoms with Gasteiger partial charge in [-0.05, 0) is 30.2 Å². The lowest BCUT2D eigenvalue weighted by molar-refractivity contribution is -0.131. The van der Waals surface area contributed by atoms with E-state index in [2.05, 4.69) is 10.3 Å². The molecule has 0 saturated carbocycles. The van der Waals surface area contributed by atoms with Gasteiger partial charge in [0.25, 0.3) is 0 Å². The maximum absolute atomic E-state index is 14.4. The van der Waals surface area contributed by atoms with Crippen molar-refractivity contribution in [2.75, 3.05) is 19.0 Å². The number of aromatic nitrogens is 1. The second kappa shape index (κ2) is 8.19. The minimum Gasteiger partial charge on any atom is -0.464 e. The minimum atomic E-state index is -1.01. The molecule has 2 atom stereocenters. The molecule has 3 aromatic carbocycles. The summed E-state index contributed by atoms with van der Waals surface area (Å²) in [6, 6.07) is 19.3. The first-order chi connectivity index (χ1) is 17.5. The van der Waals surface area contributed by atoms with Crippen LogP contribution in [-0.4, -0.2) is 41.6 Å². The molecule has 6 rings (SSSR count). The number of carbonyl (C=O) groups excluding carboxylic acids is 2. The average molecular weight is 488 g/mol. The number of likely N-dealkylation sites (tertiary alicyclic amines) is 1. The van der Waals surface area contributed by atoms with Crippen LogP contribution >= 0.6 is 0 Å². The smallest absolute Gasteiger partial charge is 0.354 e. The lowest BCUT2D eigenvalue weighted by atomic mass is 9.72. The quantitative estimate of drug-likeness (QED) is 0.408. The number of benzene rings is 3. The first-order valence-corrected chi connectivity index (χ1v) is 11.7. The molecule has 2 aliphatic heterocycles. The number of hydrogen-bond donors (Lipinski definition) is 2. The second-order valence-corrected chi connectivity index (χ2v) is 9.20. The molecule has 0 bridgehead atoms. The minimum absolute atomic E-state index is 0.00959. The van der Waals surface area contributed by atoms with Gasteiger partial charge in [-0.25, -0.2) is 13.6 Å². The van der Waals surface area contributed by atoms with E-state index in [-0.39, 0.29) is 17.9 Å². The number of ether oxygens (including phenoxy) is 1. The van der Waals surface area contributed by atoms with E-state index in [4.69, 9.17) is 4.74 Å². The zero-order valence-electron chi connectivity index (χ0n) is 19.5. The van der Waals surface area contributed by atoms with Gasteiger partial charge in [0, 0.05) is 34.3 Å². The number of nitrogens with one attached hydrogen (secondary N) is 2. The molecule has 1 fully saturated rings. The maximum Gasteiger partial charge on any atom is 0.354 e. The van der Waals surface area contributed by atoms with E-state index in [1.165, 1.54) is 19.2 Å². The lowest BCUT2D eigenvalue weighted by Crippen LogP contribution is -2.47. The Hall–Kier alpha value is -4.20. The van der Waals surface area contributed by atoms with Crippen LogP contribution in [0.1, 0.15) is 33.6 Å². The van der Waals surface area contributed by atoms with Crippen LogP contribution in [0.5, 0.6) is 0 Å². The fraction of sp³-hybridized carbons (Fsp3) is 0.214. The van der Waals surface area contributed by atoms with Crippen LogP contribution in [0.15, 0.2) is 66.7 Å². The van der Waals surface area contributed by atoms with E-state index in [0.29, 0.717) is 18.7 Å². The molecule has 6 nitrogen and oxygen atoms in total. The molecular formula is C28H23F2N3O3. The molecule has 1 saturated heterocycles. The van der Waals surface area contributed by atoms with Gasteiger partial charge in [0.05, 0.1) is 18.9 Å². The zero-order valence-corrected chi connectivity index (χ0v) is 19.5. The Morgan fingerprint density at radius 3 is 2.67 bits per heavy atom. The van der Waals surface area contributed by atoms with Crippen LogP contribution in [0.2, 0.25) is 0 Å². The molecule has 2 unspecified atom stereocenters. The van der Waals surface area contributed by atoms with Gasteiger partial charge in [0.2, 0.25) is 5.91 Å². The molecule has 1 aromatic heterocycles. The van der Waals surface area contributed by atoms with Crippen molar-refractivity contribution in [3.05, 3.63) is 101 Å². The topological polar surface area (TPSA) is 74.4 Å². The number of amides is 1. The highest BCUT2D eigenvalue weighted by Crippen LogP contribution is 2.55. The summed E-state index contributed by atoms with van der Waals surface area (Å²) in [5, 5.41) is 4.36. The summed E-state index contributed by atoms with van der Waals surface area (Å²) in [5.74, 6) is -2.82. The molecule has 2 N–H and O–H groups in total. The van der Waals surface area contributed by atoms with Crippen LogP contribution in [0.3, 0.4) is 0 Å². The van der Waals surface area contributed by atoms with E-state index in [1.54, 1.807) is 4.90 Å². The van der Waals surface area contributed by atoms with Crippen molar-refractivity contribution in [3.8, 4) is 0 Å². The fourth-order valence-corrected chi connectivity index (χ4v) is 5.93. The third-order valence-corrected chi connectivity index (χ3v) is 7.46. The average Bonchev–Trinajstić information content (AvgIpc) is 3.55. The van der Waals surface area contributed by atoms with Gasteiger partial charge in [0.1, 0.15) is 11.9 Å². The number of rotatable bonds is 4. The van der Waals surface area contributed by atoms with Crippen molar-refractivity contribution < 1.29 is 23.1 Å². The van der Waals surface area contributed by atoms with E-state index in [1.807, 2.05) is 48.5 Å². The van der Waals surface area contributed by atoms with Gasteiger partial charge in [0.15, 0.2) is 11.6 Å². The number of H-pyrrole nitrogens is 1. The Kier molecular flexibility index (Phi) is 5.07. The molecule has 0 radical (unpaired) electrons. The monoisotopic (exact) mass is 487 g/mol. The molecule has 0 aliphatic carbocycles. The molecule has 4 aromatic rings. The third-order valence-electron chi connectivity index (χ3n) is 7.46. The Bertz CT molecular complexity index is 1530. The van der Waals surface area contributed by atoms with Crippen LogP contribution < -0.4 is 5.32 Å². The lowest BCUT2D eigenvalue weighted by Gasteiger charge is -2.33. The van der Waals surface area contributed by atoms with Gasteiger partial charge >= 0.3 is 5.97 Å². The standard InChI is InChI=1S/C28H23F2N3O3/c1-36-26(35)25-23(17-8-2-4-11-20(17)31-25)28-13-14-33(27(28)32-21-12-5-3-9-18(21)28)22(34)15-16-7-6-10-19(29)24(16)30/h2-12,27,31-32H,13-15H2,1H3. The molecular weight excluding hydrogens is 464 g/mol.